The van der Waals surface area contributed by atoms with E-state index in [1.165, 1.54) is 18.3 Å². The summed E-state index contributed by atoms with van der Waals surface area (Å²) in [5, 5.41) is 2.72. The van der Waals surface area contributed by atoms with Crippen LogP contribution in [0.4, 0.5) is 4.39 Å². The van der Waals surface area contributed by atoms with Gasteiger partial charge in [-0.15, -0.1) is 0 Å². The number of pyridine rings is 1. The van der Waals surface area contributed by atoms with Crippen LogP contribution in [0.1, 0.15) is 28.0 Å². The molecule has 1 amide bonds. The van der Waals surface area contributed by atoms with Gasteiger partial charge in [-0.05, 0) is 36.2 Å². The van der Waals surface area contributed by atoms with Crippen LogP contribution in [0.3, 0.4) is 0 Å². The zero-order valence-electron chi connectivity index (χ0n) is 12.9. The van der Waals surface area contributed by atoms with Gasteiger partial charge in [-0.3, -0.25) is 9.78 Å². The lowest BCUT2D eigenvalue weighted by atomic mass is 10.1. The monoisotopic (exact) mass is 348 g/mol. The Morgan fingerprint density at radius 1 is 1.29 bits per heavy atom. The molecule has 0 bridgehead atoms. The predicted molar refractivity (Wildman–Crippen MR) is 88.0 cm³/mol. The average molecular weight is 348 g/mol. The van der Waals surface area contributed by atoms with Crippen LogP contribution in [0, 0.1) is 5.82 Å². The van der Waals surface area contributed by atoms with E-state index in [-0.39, 0.29) is 29.3 Å². The Kier molecular flexibility index (Phi) is 4.62. The molecule has 0 radical (unpaired) electrons. The summed E-state index contributed by atoms with van der Waals surface area (Å²) in [6.07, 6.45) is 2.37. The summed E-state index contributed by atoms with van der Waals surface area (Å²) in [5.74, 6) is -0.524. The second-order valence-corrected chi connectivity index (χ2v) is 8.15. The SMILES string of the molecule is O=C(NC1CCS(=O)(=O)C1)c1ccc(Cc2cccc(F)c2)nc1. The van der Waals surface area contributed by atoms with E-state index >= 15 is 0 Å². The summed E-state index contributed by atoms with van der Waals surface area (Å²) in [4.78, 5) is 16.4. The van der Waals surface area contributed by atoms with Gasteiger partial charge < -0.3 is 5.32 Å². The molecule has 0 aliphatic carbocycles. The first kappa shape index (κ1) is 16.6. The number of carbonyl (C=O) groups is 1. The van der Waals surface area contributed by atoms with Crippen molar-refractivity contribution in [1.29, 1.82) is 0 Å². The zero-order chi connectivity index (χ0) is 17.2. The van der Waals surface area contributed by atoms with E-state index in [4.69, 9.17) is 0 Å². The molecule has 126 valence electrons. The molecule has 1 N–H and O–H groups in total. The number of hydrogen-bond acceptors (Lipinski definition) is 4. The van der Waals surface area contributed by atoms with Crippen LogP contribution in [0.25, 0.3) is 0 Å². The van der Waals surface area contributed by atoms with Gasteiger partial charge in [-0.2, -0.15) is 0 Å². The summed E-state index contributed by atoms with van der Waals surface area (Å²) in [6.45, 7) is 0. The minimum Gasteiger partial charge on any atom is -0.348 e. The van der Waals surface area contributed by atoms with Crippen LogP contribution in [0.2, 0.25) is 0 Å². The van der Waals surface area contributed by atoms with E-state index in [0.717, 1.165) is 11.3 Å². The molecule has 0 spiro atoms. The Balaban J connectivity index is 1.62. The van der Waals surface area contributed by atoms with Crippen LogP contribution >= 0.6 is 0 Å². The maximum Gasteiger partial charge on any atom is 0.253 e. The maximum absolute atomic E-state index is 13.2. The van der Waals surface area contributed by atoms with Gasteiger partial charge in [0.25, 0.3) is 5.91 Å². The average Bonchev–Trinajstić information content (AvgIpc) is 2.87. The first-order valence-electron chi connectivity index (χ1n) is 7.62. The van der Waals surface area contributed by atoms with Crippen LogP contribution in [0.5, 0.6) is 0 Å². The molecule has 24 heavy (non-hydrogen) atoms. The van der Waals surface area contributed by atoms with Gasteiger partial charge >= 0.3 is 0 Å². The van der Waals surface area contributed by atoms with E-state index in [0.29, 0.717) is 18.4 Å². The summed E-state index contributed by atoms with van der Waals surface area (Å²) in [5.41, 5.74) is 1.90. The molecular formula is C17H17FN2O3S. The van der Waals surface area contributed by atoms with Crippen molar-refractivity contribution in [3.05, 3.63) is 65.2 Å². The summed E-state index contributed by atoms with van der Waals surface area (Å²) in [6, 6.07) is 9.30. The second kappa shape index (κ2) is 6.68. The highest BCUT2D eigenvalue weighted by atomic mass is 32.2. The lowest BCUT2D eigenvalue weighted by Gasteiger charge is -2.10. The highest BCUT2D eigenvalue weighted by molar-refractivity contribution is 7.91. The van der Waals surface area contributed by atoms with E-state index in [9.17, 15) is 17.6 Å². The molecule has 1 atom stereocenters. The van der Waals surface area contributed by atoms with E-state index in [1.54, 1.807) is 18.2 Å². The Morgan fingerprint density at radius 3 is 2.75 bits per heavy atom. The Bertz CT molecular complexity index is 850. The number of carbonyl (C=O) groups excluding carboxylic acids is 1. The topological polar surface area (TPSA) is 76.1 Å². The van der Waals surface area contributed by atoms with Crippen molar-refractivity contribution in [2.75, 3.05) is 11.5 Å². The number of halogens is 1. The third-order valence-corrected chi connectivity index (χ3v) is 5.70. The molecule has 1 fully saturated rings. The van der Waals surface area contributed by atoms with Gasteiger partial charge in [0.1, 0.15) is 5.82 Å². The molecule has 7 heteroatoms. The van der Waals surface area contributed by atoms with Crippen molar-refractivity contribution in [3.63, 3.8) is 0 Å². The van der Waals surface area contributed by atoms with E-state index < -0.39 is 9.84 Å². The predicted octanol–water partition coefficient (Wildman–Crippen LogP) is 1.73. The summed E-state index contributed by atoms with van der Waals surface area (Å²) in [7, 11) is -3.03. The maximum atomic E-state index is 13.2. The fourth-order valence-electron chi connectivity index (χ4n) is 2.70. The molecule has 1 aliphatic rings. The molecule has 2 heterocycles. The van der Waals surface area contributed by atoms with Crippen molar-refractivity contribution in [2.45, 2.75) is 18.9 Å². The van der Waals surface area contributed by atoms with Crippen molar-refractivity contribution >= 4 is 15.7 Å². The molecule has 2 aromatic rings. The highest BCUT2D eigenvalue weighted by Crippen LogP contribution is 2.13. The zero-order valence-corrected chi connectivity index (χ0v) is 13.7. The number of amides is 1. The fourth-order valence-corrected chi connectivity index (χ4v) is 4.37. The lowest BCUT2D eigenvalue weighted by molar-refractivity contribution is 0.0941. The van der Waals surface area contributed by atoms with Crippen LogP contribution < -0.4 is 5.32 Å². The van der Waals surface area contributed by atoms with Gasteiger partial charge in [-0.1, -0.05) is 12.1 Å². The third kappa shape index (κ3) is 4.17. The van der Waals surface area contributed by atoms with Crippen LogP contribution in [-0.2, 0) is 16.3 Å². The number of rotatable bonds is 4. The molecule has 1 aliphatic heterocycles. The quantitative estimate of drug-likeness (QED) is 0.913. The van der Waals surface area contributed by atoms with Crippen molar-refractivity contribution < 1.29 is 17.6 Å². The summed E-state index contributed by atoms with van der Waals surface area (Å²) >= 11 is 0. The standard InChI is InChI=1S/C17H17FN2O3S/c18-14-3-1-2-12(8-14)9-15-5-4-13(10-19-15)17(21)20-16-6-7-24(22,23)11-16/h1-5,8,10,16H,6-7,9,11H2,(H,20,21). The Morgan fingerprint density at radius 2 is 2.12 bits per heavy atom. The van der Waals surface area contributed by atoms with Crippen LogP contribution in [-0.4, -0.2) is 36.9 Å². The van der Waals surface area contributed by atoms with E-state index in [1.807, 2.05) is 6.07 Å². The molecule has 1 saturated heterocycles. The van der Waals surface area contributed by atoms with Crippen molar-refractivity contribution in [3.8, 4) is 0 Å². The number of benzene rings is 1. The van der Waals surface area contributed by atoms with Crippen molar-refractivity contribution in [2.24, 2.45) is 0 Å². The van der Waals surface area contributed by atoms with Gasteiger partial charge in [0, 0.05) is 24.4 Å². The van der Waals surface area contributed by atoms with E-state index in [2.05, 4.69) is 10.3 Å². The lowest BCUT2D eigenvalue weighted by Crippen LogP contribution is -2.35. The molecule has 1 aromatic heterocycles. The smallest absolute Gasteiger partial charge is 0.253 e. The molecule has 0 saturated carbocycles. The first-order chi connectivity index (χ1) is 11.4. The Hall–Kier alpha value is -2.28. The summed E-state index contributed by atoms with van der Waals surface area (Å²) < 4.78 is 36.0. The minimum atomic E-state index is -3.03. The number of sulfone groups is 1. The normalized spacial score (nSPS) is 19.1. The number of nitrogens with zero attached hydrogens (tertiary/aromatic N) is 1. The number of aromatic nitrogens is 1. The molecular weight excluding hydrogens is 331 g/mol. The first-order valence-corrected chi connectivity index (χ1v) is 9.44. The van der Waals surface area contributed by atoms with Gasteiger partial charge in [0.2, 0.25) is 0 Å². The minimum absolute atomic E-state index is 0.0101. The van der Waals surface area contributed by atoms with Gasteiger partial charge in [0.05, 0.1) is 17.1 Å². The van der Waals surface area contributed by atoms with Crippen molar-refractivity contribution in [1.82, 2.24) is 10.3 Å². The second-order valence-electron chi connectivity index (χ2n) is 5.92. The molecule has 1 unspecified atom stereocenters. The third-order valence-electron chi connectivity index (χ3n) is 3.93. The number of hydrogen-bond donors (Lipinski definition) is 1. The Labute approximate surface area is 139 Å². The molecule has 5 nitrogen and oxygen atoms in total. The fraction of sp³-hybridized carbons (Fsp3) is 0.294. The molecule has 1 aromatic carbocycles. The largest absolute Gasteiger partial charge is 0.348 e. The van der Waals surface area contributed by atoms with Gasteiger partial charge in [0.15, 0.2) is 9.84 Å². The molecule has 3 rings (SSSR count). The van der Waals surface area contributed by atoms with Crippen LogP contribution in [0.15, 0.2) is 42.6 Å². The van der Waals surface area contributed by atoms with Gasteiger partial charge in [-0.25, -0.2) is 12.8 Å². The number of nitrogens with one attached hydrogen (secondary N) is 1. The highest BCUT2D eigenvalue weighted by Gasteiger charge is 2.29.